The molecule has 0 aliphatic carbocycles. The summed E-state index contributed by atoms with van der Waals surface area (Å²) >= 11 is 1.50. The molecular formula is C15H17F2N3O2S. The number of rotatable bonds is 6. The molecule has 2 rings (SSSR count). The molecule has 0 aliphatic rings. The van der Waals surface area contributed by atoms with Crippen LogP contribution >= 0.6 is 11.3 Å². The number of halogens is 2. The summed E-state index contributed by atoms with van der Waals surface area (Å²) in [6.45, 7) is 3.02. The third-order valence-corrected chi connectivity index (χ3v) is 3.95. The van der Waals surface area contributed by atoms with E-state index in [0.717, 1.165) is 9.88 Å². The summed E-state index contributed by atoms with van der Waals surface area (Å²) in [5.74, 6) is 0.195. The van der Waals surface area contributed by atoms with Crippen LogP contribution in [0.1, 0.15) is 22.9 Å². The van der Waals surface area contributed by atoms with Crippen LogP contribution in [0.15, 0.2) is 30.5 Å². The zero-order valence-electron chi connectivity index (χ0n) is 12.7. The Kier molecular flexibility index (Phi) is 5.86. The minimum atomic E-state index is -2.58. The van der Waals surface area contributed by atoms with E-state index in [1.807, 2.05) is 13.8 Å². The first-order chi connectivity index (χ1) is 11.0. The van der Waals surface area contributed by atoms with E-state index in [9.17, 15) is 13.6 Å². The van der Waals surface area contributed by atoms with Crippen molar-refractivity contribution >= 4 is 23.1 Å². The summed E-state index contributed by atoms with van der Waals surface area (Å²) in [7, 11) is 0. The molecule has 1 aromatic heterocycles. The second-order valence-electron chi connectivity index (χ2n) is 4.83. The standard InChI is InChI=1S/C15H17F2N3O2S/c1-9-7-18-14(23-9)10(2)19-15(21)20-11-5-3-4-6-12(11)22-8-13(16)17/h3-7,10,13H,8H2,1-2H3,(H2,19,20,21)/t10-/m0/s1. The van der Waals surface area contributed by atoms with Gasteiger partial charge in [-0.1, -0.05) is 12.1 Å². The van der Waals surface area contributed by atoms with E-state index in [2.05, 4.69) is 15.6 Å². The molecule has 0 radical (unpaired) electrons. The highest BCUT2D eigenvalue weighted by molar-refractivity contribution is 7.11. The molecule has 1 heterocycles. The summed E-state index contributed by atoms with van der Waals surface area (Å²) < 4.78 is 29.5. The predicted octanol–water partition coefficient (Wildman–Crippen LogP) is 3.98. The maximum absolute atomic E-state index is 12.2. The van der Waals surface area contributed by atoms with Gasteiger partial charge in [0.1, 0.15) is 17.4 Å². The van der Waals surface area contributed by atoms with Crippen molar-refractivity contribution in [3.63, 3.8) is 0 Å². The van der Waals surface area contributed by atoms with Crippen molar-refractivity contribution < 1.29 is 18.3 Å². The molecule has 124 valence electrons. The highest BCUT2D eigenvalue weighted by Gasteiger charge is 2.14. The molecule has 8 heteroatoms. The minimum Gasteiger partial charge on any atom is -0.485 e. The van der Waals surface area contributed by atoms with Crippen LogP contribution in [0.2, 0.25) is 0 Å². The molecule has 0 saturated heterocycles. The number of benzene rings is 1. The Morgan fingerprint density at radius 2 is 2.13 bits per heavy atom. The lowest BCUT2D eigenvalue weighted by Gasteiger charge is -2.15. The lowest BCUT2D eigenvalue weighted by atomic mass is 10.3. The average Bonchev–Trinajstić information content (AvgIpc) is 2.93. The second kappa shape index (κ2) is 7.87. The fourth-order valence-corrected chi connectivity index (χ4v) is 2.61. The maximum atomic E-state index is 12.2. The molecule has 0 saturated carbocycles. The van der Waals surface area contributed by atoms with Crippen LogP contribution in [0.3, 0.4) is 0 Å². The van der Waals surface area contributed by atoms with E-state index in [1.165, 1.54) is 17.4 Å². The first-order valence-corrected chi connectivity index (χ1v) is 7.77. The number of aryl methyl sites for hydroxylation is 1. The Labute approximate surface area is 136 Å². The third-order valence-electron chi connectivity index (χ3n) is 2.86. The summed E-state index contributed by atoms with van der Waals surface area (Å²) in [5, 5.41) is 6.13. The van der Waals surface area contributed by atoms with Gasteiger partial charge in [0.15, 0.2) is 0 Å². The highest BCUT2D eigenvalue weighted by Crippen LogP contribution is 2.24. The number of ether oxygens (including phenoxy) is 1. The van der Waals surface area contributed by atoms with Gasteiger partial charge < -0.3 is 15.4 Å². The summed E-state index contributed by atoms with van der Waals surface area (Å²) in [6, 6.07) is 5.70. The molecule has 1 aromatic carbocycles. The van der Waals surface area contributed by atoms with Gasteiger partial charge in [0, 0.05) is 11.1 Å². The van der Waals surface area contributed by atoms with E-state index in [4.69, 9.17) is 4.74 Å². The Morgan fingerprint density at radius 3 is 2.78 bits per heavy atom. The van der Waals surface area contributed by atoms with Gasteiger partial charge in [-0.25, -0.2) is 18.6 Å². The van der Waals surface area contributed by atoms with Crippen LogP contribution in [0.4, 0.5) is 19.3 Å². The topological polar surface area (TPSA) is 63.2 Å². The largest absolute Gasteiger partial charge is 0.485 e. The number of alkyl halides is 2. The monoisotopic (exact) mass is 341 g/mol. The van der Waals surface area contributed by atoms with Crippen molar-refractivity contribution in [2.75, 3.05) is 11.9 Å². The summed E-state index contributed by atoms with van der Waals surface area (Å²) in [5.41, 5.74) is 0.327. The van der Waals surface area contributed by atoms with Gasteiger partial charge in [-0.05, 0) is 26.0 Å². The fraction of sp³-hybridized carbons (Fsp3) is 0.333. The van der Waals surface area contributed by atoms with Gasteiger partial charge in [0.05, 0.1) is 11.7 Å². The first-order valence-electron chi connectivity index (χ1n) is 6.95. The molecule has 0 unspecified atom stereocenters. The normalized spacial score (nSPS) is 12.0. The molecule has 0 bridgehead atoms. The molecule has 1 atom stereocenters. The van der Waals surface area contributed by atoms with E-state index in [0.29, 0.717) is 5.69 Å². The number of carbonyl (C=O) groups is 1. The number of nitrogens with zero attached hydrogens (tertiary/aromatic N) is 1. The number of para-hydroxylation sites is 2. The lowest BCUT2D eigenvalue weighted by Crippen LogP contribution is -2.31. The molecular weight excluding hydrogens is 324 g/mol. The fourth-order valence-electron chi connectivity index (χ4n) is 1.84. The van der Waals surface area contributed by atoms with Gasteiger partial charge in [0.2, 0.25) is 0 Å². The zero-order valence-corrected chi connectivity index (χ0v) is 13.5. The van der Waals surface area contributed by atoms with Crippen molar-refractivity contribution in [2.45, 2.75) is 26.3 Å². The van der Waals surface area contributed by atoms with Crippen LogP contribution in [-0.2, 0) is 0 Å². The molecule has 0 spiro atoms. The number of amides is 2. The van der Waals surface area contributed by atoms with Crippen molar-refractivity contribution in [3.05, 3.63) is 40.3 Å². The molecule has 0 fully saturated rings. The predicted molar refractivity (Wildman–Crippen MR) is 85.4 cm³/mol. The zero-order chi connectivity index (χ0) is 16.8. The third kappa shape index (κ3) is 5.17. The number of hydrogen-bond donors (Lipinski definition) is 2. The molecule has 2 aromatic rings. The molecule has 0 aliphatic heterocycles. The summed E-state index contributed by atoms with van der Waals surface area (Å²) in [6.07, 6.45) is -0.839. The SMILES string of the molecule is Cc1cnc([C@H](C)NC(=O)Nc2ccccc2OCC(F)F)s1. The number of anilines is 1. The second-order valence-corrected chi connectivity index (χ2v) is 6.09. The van der Waals surface area contributed by atoms with Crippen molar-refractivity contribution in [2.24, 2.45) is 0 Å². The number of urea groups is 1. The number of thiazole rings is 1. The van der Waals surface area contributed by atoms with Gasteiger partial charge >= 0.3 is 6.03 Å². The van der Waals surface area contributed by atoms with Crippen LogP contribution in [0, 0.1) is 6.92 Å². The molecule has 2 N–H and O–H groups in total. The Morgan fingerprint density at radius 1 is 1.39 bits per heavy atom. The number of hydrogen-bond acceptors (Lipinski definition) is 4. The van der Waals surface area contributed by atoms with E-state index >= 15 is 0 Å². The quantitative estimate of drug-likeness (QED) is 0.835. The van der Waals surface area contributed by atoms with Crippen LogP contribution in [0.25, 0.3) is 0 Å². The highest BCUT2D eigenvalue weighted by atomic mass is 32.1. The number of nitrogens with one attached hydrogen (secondary N) is 2. The lowest BCUT2D eigenvalue weighted by molar-refractivity contribution is 0.0823. The Balaban J connectivity index is 1.97. The molecule has 2 amide bonds. The number of aromatic nitrogens is 1. The van der Waals surface area contributed by atoms with Crippen molar-refractivity contribution in [3.8, 4) is 5.75 Å². The van der Waals surface area contributed by atoms with E-state index < -0.39 is 19.1 Å². The smallest absolute Gasteiger partial charge is 0.319 e. The minimum absolute atomic E-state index is 0.195. The van der Waals surface area contributed by atoms with E-state index in [-0.39, 0.29) is 11.8 Å². The average molecular weight is 341 g/mol. The Bertz CT molecular complexity index is 664. The Hall–Kier alpha value is -2.22. The van der Waals surface area contributed by atoms with Gasteiger partial charge in [0.25, 0.3) is 6.43 Å². The van der Waals surface area contributed by atoms with Gasteiger partial charge in [-0.2, -0.15) is 0 Å². The summed E-state index contributed by atoms with van der Waals surface area (Å²) in [4.78, 5) is 17.3. The van der Waals surface area contributed by atoms with E-state index in [1.54, 1.807) is 24.4 Å². The van der Waals surface area contributed by atoms with Crippen molar-refractivity contribution in [1.82, 2.24) is 10.3 Å². The van der Waals surface area contributed by atoms with Crippen molar-refractivity contribution in [1.29, 1.82) is 0 Å². The first kappa shape index (κ1) is 17.1. The van der Waals surface area contributed by atoms with Crippen LogP contribution in [-0.4, -0.2) is 24.0 Å². The number of carbonyl (C=O) groups excluding carboxylic acids is 1. The maximum Gasteiger partial charge on any atom is 0.319 e. The van der Waals surface area contributed by atoms with Crippen LogP contribution < -0.4 is 15.4 Å². The van der Waals surface area contributed by atoms with Gasteiger partial charge in [-0.15, -0.1) is 11.3 Å². The molecule has 23 heavy (non-hydrogen) atoms. The van der Waals surface area contributed by atoms with Gasteiger partial charge in [-0.3, -0.25) is 0 Å². The van der Waals surface area contributed by atoms with Crippen LogP contribution in [0.5, 0.6) is 5.75 Å². The molecule has 5 nitrogen and oxygen atoms in total.